The molecule has 1 amide bonds. The minimum absolute atomic E-state index is 0.0675. The summed E-state index contributed by atoms with van der Waals surface area (Å²) in [5.41, 5.74) is 0.600. The molecule has 21 heavy (non-hydrogen) atoms. The van der Waals surface area contributed by atoms with Gasteiger partial charge in [-0.2, -0.15) is 0 Å². The predicted octanol–water partition coefficient (Wildman–Crippen LogP) is 2.36. The molecule has 0 saturated heterocycles. The van der Waals surface area contributed by atoms with Crippen molar-refractivity contribution in [3.63, 3.8) is 0 Å². The van der Waals surface area contributed by atoms with Crippen molar-refractivity contribution in [3.8, 4) is 0 Å². The fraction of sp³-hybridized carbons (Fsp3) is 0.625. The number of aromatic nitrogens is 1. The zero-order valence-electron chi connectivity index (χ0n) is 13.6. The van der Waals surface area contributed by atoms with Crippen molar-refractivity contribution >= 4 is 11.7 Å². The third-order valence-electron chi connectivity index (χ3n) is 3.68. The number of nitrogens with zero attached hydrogens (tertiary/aromatic N) is 2. The molecule has 5 nitrogen and oxygen atoms in total. The maximum Gasteiger partial charge on any atom is 0.252 e. The zero-order chi connectivity index (χ0) is 15.7. The van der Waals surface area contributed by atoms with Crippen LogP contribution in [0.3, 0.4) is 0 Å². The summed E-state index contributed by atoms with van der Waals surface area (Å²) in [6.07, 6.45) is 3.78. The van der Waals surface area contributed by atoms with E-state index >= 15 is 0 Å². The Morgan fingerprint density at radius 3 is 2.67 bits per heavy atom. The number of likely N-dealkylation sites (N-methyl/N-ethyl adjacent to an activating group) is 1. The molecule has 118 valence electrons. The molecule has 0 aliphatic carbocycles. The van der Waals surface area contributed by atoms with Crippen molar-refractivity contribution < 1.29 is 4.79 Å². The number of anilines is 1. The van der Waals surface area contributed by atoms with Gasteiger partial charge < -0.3 is 15.5 Å². The Hall–Kier alpha value is -1.62. The van der Waals surface area contributed by atoms with Crippen molar-refractivity contribution in [2.45, 2.75) is 39.7 Å². The van der Waals surface area contributed by atoms with Crippen LogP contribution < -0.4 is 10.6 Å². The lowest BCUT2D eigenvalue weighted by molar-refractivity contribution is 0.0947. The Morgan fingerprint density at radius 2 is 2.10 bits per heavy atom. The summed E-state index contributed by atoms with van der Waals surface area (Å²) in [7, 11) is 2.08. The highest BCUT2D eigenvalue weighted by molar-refractivity contribution is 5.94. The van der Waals surface area contributed by atoms with E-state index in [0.717, 1.165) is 31.7 Å². The van der Waals surface area contributed by atoms with Gasteiger partial charge in [0.25, 0.3) is 5.91 Å². The molecule has 0 bridgehead atoms. The molecule has 5 heteroatoms. The van der Waals surface area contributed by atoms with E-state index in [1.165, 1.54) is 0 Å². The second-order valence-electron chi connectivity index (χ2n) is 5.35. The van der Waals surface area contributed by atoms with E-state index in [2.05, 4.69) is 48.3 Å². The summed E-state index contributed by atoms with van der Waals surface area (Å²) < 4.78 is 0. The summed E-state index contributed by atoms with van der Waals surface area (Å²) in [5, 5.41) is 6.12. The van der Waals surface area contributed by atoms with E-state index < -0.39 is 0 Å². The van der Waals surface area contributed by atoms with Gasteiger partial charge in [-0.25, -0.2) is 4.98 Å². The molecule has 0 aliphatic rings. The van der Waals surface area contributed by atoms with Crippen molar-refractivity contribution in [1.82, 2.24) is 15.2 Å². The molecule has 1 aromatic heterocycles. The number of hydrogen-bond donors (Lipinski definition) is 2. The lowest BCUT2D eigenvalue weighted by Gasteiger charge is -2.23. The number of nitrogens with one attached hydrogen (secondary N) is 2. The molecule has 0 fully saturated rings. The van der Waals surface area contributed by atoms with Crippen LogP contribution in [0.1, 0.15) is 44.0 Å². The quantitative estimate of drug-likeness (QED) is 0.733. The standard InChI is InChI=1S/C16H28N4O/c1-5-9-17-15-8-7-14(12-19-15)16(21)18-10-11-20(4)13(3)6-2/h7-8,12-13H,5-6,9-11H2,1-4H3,(H,17,19)(H,18,21). The largest absolute Gasteiger partial charge is 0.370 e. The van der Waals surface area contributed by atoms with Crippen LogP contribution in [0.4, 0.5) is 5.82 Å². The smallest absolute Gasteiger partial charge is 0.252 e. The van der Waals surface area contributed by atoms with E-state index in [9.17, 15) is 4.79 Å². The highest BCUT2D eigenvalue weighted by atomic mass is 16.1. The first-order chi connectivity index (χ1) is 10.1. The van der Waals surface area contributed by atoms with Gasteiger partial charge >= 0.3 is 0 Å². The van der Waals surface area contributed by atoms with E-state index in [0.29, 0.717) is 18.2 Å². The molecule has 1 rings (SSSR count). The van der Waals surface area contributed by atoms with Gasteiger partial charge in [-0.3, -0.25) is 4.79 Å². The van der Waals surface area contributed by atoms with Gasteiger partial charge in [0, 0.05) is 31.9 Å². The maximum absolute atomic E-state index is 12.0. The Labute approximate surface area is 128 Å². The Balaban J connectivity index is 2.38. The fourth-order valence-corrected chi connectivity index (χ4v) is 1.87. The highest BCUT2D eigenvalue weighted by Crippen LogP contribution is 2.05. The number of amides is 1. The van der Waals surface area contributed by atoms with Crippen LogP contribution >= 0.6 is 0 Å². The first kappa shape index (κ1) is 17.4. The van der Waals surface area contributed by atoms with Gasteiger partial charge in [-0.05, 0) is 38.9 Å². The first-order valence-corrected chi connectivity index (χ1v) is 7.76. The fourth-order valence-electron chi connectivity index (χ4n) is 1.87. The van der Waals surface area contributed by atoms with Gasteiger partial charge in [0.1, 0.15) is 5.82 Å². The van der Waals surface area contributed by atoms with Crippen LogP contribution in [0.15, 0.2) is 18.3 Å². The number of carbonyl (C=O) groups excluding carboxylic acids is 1. The average Bonchev–Trinajstić information content (AvgIpc) is 2.52. The molecule has 0 radical (unpaired) electrons. The lowest BCUT2D eigenvalue weighted by Crippen LogP contribution is -2.37. The van der Waals surface area contributed by atoms with Gasteiger partial charge in [0.15, 0.2) is 0 Å². The Morgan fingerprint density at radius 1 is 1.33 bits per heavy atom. The van der Waals surface area contributed by atoms with Crippen LogP contribution in [0.5, 0.6) is 0 Å². The van der Waals surface area contributed by atoms with Crippen molar-refractivity contribution in [2.24, 2.45) is 0 Å². The topological polar surface area (TPSA) is 57.3 Å². The summed E-state index contributed by atoms with van der Waals surface area (Å²) >= 11 is 0. The van der Waals surface area contributed by atoms with E-state index in [1.54, 1.807) is 12.3 Å². The monoisotopic (exact) mass is 292 g/mol. The van der Waals surface area contributed by atoms with E-state index in [1.807, 2.05) is 6.07 Å². The van der Waals surface area contributed by atoms with Crippen LogP contribution in [0.25, 0.3) is 0 Å². The van der Waals surface area contributed by atoms with Gasteiger partial charge in [-0.15, -0.1) is 0 Å². The van der Waals surface area contributed by atoms with Crippen molar-refractivity contribution in [1.29, 1.82) is 0 Å². The third-order valence-corrected chi connectivity index (χ3v) is 3.68. The second kappa shape index (κ2) is 9.34. The normalized spacial score (nSPS) is 12.2. The van der Waals surface area contributed by atoms with Crippen molar-refractivity contribution in [3.05, 3.63) is 23.9 Å². The summed E-state index contributed by atoms with van der Waals surface area (Å²) in [4.78, 5) is 18.5. The van der Waals surface area contributed by atoms with Crippen LogP contribution in [0.2, 0.25) is 0 Å². The molecule has 0 spiro atoms. The molecule has 2 N–H and O–H groups in total. The number of rotatable bonds is 9. The molecular formula is C16H28N4O. The van der Waals surface area contributed by atoms with Gasteiger partial charge in [0.05, 0.1) is 5.56 Å². The Bertz CT molecular complexity index is 419. The molecule has 0 aliphatic heterocycles. The highest BCUT2D eigenvalue weighted by Gasteiger charge is 2.08. The average molecular weight is 292 g/mol. The van der Waals surface area contributed by atoms with E-state index in [4.69, 9.17) is 0 Å². The SMILES string of the molecule is CCCNc1ccc(C(=O)NCCN(C)C(C)CC)cn1. The van der Waals surface area contributed by atoms with E-state index in [-0.39, 0.29) is 5.91 Å². The minimum atomic E-state index is -0.0675. The summed E-state index contributed by atoms with van der Waals surface area (Å²) in [6.45, 7) is 8.85. The molecule has 1 unspecified atom stereocenters. The van der Waals surface area contributed by atoms with Gasteiger partial charge in [0.2, 0.25) is 0 Å². The first-order valence-electron chi connectivity index (χ1n) is 7.76. The van der Waals surface area contributed by atoms with Gasteiger partial charge in [-0.1, -0.05) is 13.8 Å². The number of carbonyl (C=O) groups is 1. The second-order valence-corrected chi connectivity index (χ2v) is 5.35. The third kappa shape index (κ3) is 6.12. The van der Waals surface area contributed by atoms with Crippen LogP contribution in [-0.4, -0.2) is 48.5 Å². The summed E-state index contributed by atoms with van der Waals surface area (Å²) in [5.74, 6) is 0.743. The number of hydrogen-bond acceptors (Lipinski definition) is 4. The molecular weight excluding hydrogens is 264 g/mol. The van der Waals surface area contributed by atoms with Crippen LogP contribution in [-0.2, 0) is 0 Å². The zero-order valence-corrected chi connectivity index (χ0v) is 13.6. The maximum atomic E-state index is 12.0. The molecule has 0 saturated carbocycles. The minimum Gasteiger partial charge on any atom is -0.370 e. The Kier molecular flexibility index (Phi) is 7.75. The predicted molar refractivity (Wildman–Crippen MR) is 87.7 cm³/mol. The van der Waals surface area contributed by atoms with Crippen molar-refractivity contribution in [2.75, 3.05) is 32.0 Å². The lowest BCUT2D eigenvalue weighted by atomic mass is 10.2. The molecule has 1 aromatic rings. The molecule has 1 atom stereocenters. The van der Waals surface area contributed by atoms with Crippen LogP contribution in [0, 0.1) is 0 Å². The summed E-state index contributed by atoms with van der Waals surface area (Å²) in [6, 6.07) is 4.18. The molecule has 0 aromatic carbocycles. The molecule has 1 heterocycles. The number of pyridine rings is 1.